The summed E-state index contributed by atoms with van der Waals surface area (Å²) in [4.78, 5) is 23.7. The summed E-state index contributed by atoms with van der Waals surface area (Å²) in [5, 5.41) is -0.303. The van der Waals surface area contributed by atoms with Crippen LogP contribution in [0.25, 0.3) is 22.3 Å². The third-order valence-electron chi connectivity index (χ3n) is 3.27. The van der Waals surface area contributed by atoms with E-state index in [0.29, 0.717) is 11.1 Å². The van der Waals surface area contributed by atoms with Crippen molar-refractivity contribution in [2.75, 3.05) is 0 Å². The minimum absolute atomic E-state index is 0.195. The maximum absolute atomic E-state index is 12.2. The fourth-order valence-corrected chi connectivity index (χ4v) is 2.42. The van der Waals surface area contributed by atoms with E-state index in [0.717, 1.165) is 11.1 Å². The molecule has 4 heteroatoms. The standard InChI is InChI=1S/C17H11ClO3/c1-10-4-2-5-11(8-10)15-9-14(19)12-6-3-7-13(17(18)20)16(12)21-15/h2-9H,1H3. The van der Waals surface area contributed by atoms with Crippen LogP contribution in [-0.2, 0) is 0 Å². The van der Waals surface area contributed by atoms with E-state index in [4.69, 9.17) is 16.0 Å². The molecule has 21 heavy (non-hydrogen) atoms. The zero-order valence-electron chi connectivity index (χ0n) is 11.2. The zero-order chi connectivity index (χ0) is 15.0. The van der Waals surface area contributed by atoms with Crippen LogP contribution in [0.5, 0.6) is 0 Å². The van der Waals surface area contributed by atoms with Gasteiger partial charge in [0, 0.05) is 11.6 Å². The summed E-state index contributed by atoms with van der Waals surface area (Å²) in [6, 6.07) is 13.8. The molecule has 1 heterocycles. The molecular weight excluding hydrogens is 288 g/mol. The number of rotatable bonds is 2. The van der Waals surface area contributed by atoms with E-state index in [2.05, 4.69) is 0 Å². The van der Waals surface area contributed by atoms with Crippen LogP contribution in [0.4, 0.5) is 0 Å². The summed E-state index contributed by atoms with van der Waals surface area (Å²) < 4.78 is 5.77. The van der Waals surface area contributed by atoms with E-state index >= 15 is 0 Å². The van der Waals surface area contributed by atoms with Gasteiger partial charge in [0.05, 0.1) is 10.9 Å². The molecule has 0 N–H and O–H groups in total. The SMILES string of the molecule is Cc1cccc(-c2cc(=O)c3cccc(C(=O)Cl)c3o2)c1. The summed E-state index contributed by atoms with van der Waals surface area (Å²) in [5.41, 5.74) is 2.05. The maximum atomic E-state index is 12.2. The van der Waals surface area contributed by atoms with Crippen molar-refractivity contribution in [2.24, 2.45) is 0 Å². The summed E-state index contributed by atoms with van der Waals surface area (Å²) in [7, 11) is 0. The van der Waals surface area contributed by atoms with Crippen LogP contribution in [-0.4, -0.2) is 5.24 Å². The number of hydrogen-bond donors (Lipinski definition) is 0. The molecule has 0 aliphatic heterocycles. The second kappa shape index (κ2) is 5.19. The molecule has 1 aromatic heterocycles. The van der Waals surface area contributed by atoms with Crippen LogP contribution in [0.3, 0.4) is 0 Å². The Kier molecular flexibility index (Phi) is 3.35. The van der Waals surface area contributed by atoms with Crippen molar-refractivity contribution in [2.45, 2.75) is 6.92 Å². The van der Waals surface area contributed by atoms with Gasteiger partial charge in [0.2, 0.25) is 0 Å². The van der Waals surface area contributed by atoms with Crippen molar-refractivity contribution in [1.29, 1.82) is 0 Å². The smallest absolute Gasteiger partial charge is 0.256 e. The lowest BCUT2D eigenvalue weighted by molar-refractivity contribution is 0.108. The molecule has 0 saturated heterocycles. The second-order valence-corrected chi connectivity index (χ2v) is 5.14. The van der Waals surface area contributed by atoms with Gasteiger partial charge >= 0.3 is 0 Å². The number of para-hydroxylation sites is 1. The number of fused-ring (bicyclic) bond motifs is 1. The highest BCUT2D eigenvalue weighted by Crippen LogP contribution is 2.25. The molecule has 2 aromatic carbocycles. The third kappa shape index (κ3) is 2.48. The van der Waals surface area contributed by atoms with Crippen molar-refractivity contribution in [1.82, 2.24) is 0 Å². The molecule has 0 aliphatic carbocycles. The predicted octanol–water partition coefficient (Wildman–Crippen LogP) is 4.15. The number of benzene rings is 2. The van der Waals surface area contributed by atoms with Crippen molar-refractivity contribution < 1.29 is 9.21 Å². The molecule has 0 spiro atoms. The molecule has 0 atom stereocenters. The largest absolute Gasteiger partial charge is 0.455 e. The molecule has 3 rings (SSSR count). The summed E-state index contributed by atoms with van der Waals surface area (Å²) >= 11 is 5.56. The maximum Gasteiger partial charge on any atom is 0.256 e. The van der Waals surface area contributed by atoms with Gasteiger partial charge in [-0.1, -0.05) is 29.8 Å². The molecule has 0 fully saturated rings. The molecule has 0 bridgehead atoms. The number of aryl methyl sites for hydroxylation is 1. The summed E-state index contributed by atoms with van der Waals surface area (Å²) in [6.45, 7) is 1.95. The first kappa shape index (κ1) is 13.6. The lowest BCUT2D eigenvalue weighted by Crippen LogP contribution is -2.03. The van der Waals surface area contributed by atoms with Gasteiger partial charge in [-0.15, -0.1) is 0 Å². The summed E-state index contributed by atoms with van der Waals surface area (Å²) in [5.74, 6) is 0.418. The molecule has 3 nitrogen and oxygen atoms in total. The first-order chi connectivity index (χ1) is 10.1. The van der Waals surface area contributed by atoms with Crippen LogP contribution in [0, 0.1) is 6.92 Å². The number of carbonyl (C=O) groups excluding carboxylic acids is 1. The Labute approximate surface area is 125 Å². The van der Waals surface area contributed by atoms with E-state index in [1.54, 1.807) is 18.2 Å². The molecule has 3 aromatic rings. The molecule has 0 saturated carbocycles. The minimum atomic E-state index is -0.648. The van der Waals surface area contributed by atoms with Gasteiger partial charge in [-0.25, -0.2) is 0 Å². The Morgan fingerprint density at radius 1 is 1.10 bits per heavy atom. The van der Waals surface area contributed by atoms with Gasteiger partial charge in [-0.3, -0.25) is 9.59 Å². The van der Waals surface area contributed by atoms with E-state index in [1.165, 1.54) is 6.07 Å². The van der Waals surface area contributed by atoms with E-state index < -0.39 is 5.24 Å². The third-order valence-corrected chi connectivity index (χ3v) is 3.47. The zero-order valence-corrected chi connectivity index (χ0v) is 12.0. The fraction of sp³-hybridized carbons (Fsp3) is 0.0588. The van der Waals surface area contributed by atoms with Crippen LogP contribution in [0.1, 0.15) is 15.9 Å². The predicted molar refractivity (Wildman–Crippen MR) is 82.8 cm³/mol. The fourth-order valence-electron chi connectivity index (χ4n) is 2.27. The van der Waals surface area contributed by atoms with Gasteiger partial charge in [0.25, 0.3) is 5.24 Å². The molecule has 0 unspecified atom stereocenters. The lowest BCUT2D eigenvalue weighted by atomic mass is 10.1. The Balaban J connectivity index is 2.34. The van der Waals surface area contributed by atoms with E-state index in [9.17, 15) is 9.59 Å². The second-order valence-electron chi connectivity index (χ2n) is 4.80. The van der Waals surface area contributed by atoms with Gasteiger partial charge < -0.3 is 4.42 Å². The highest BCUT2D eigenvalue weighted by atomic mass is 35.5. The van der Waals surface area contributed by atoms with Gasteiger partial charge in [-0.2, -0.15) is 0 Å². The molecule has 0 radical (unpaired) electrons. The molecular formula is C17H11ClO3. The number of hydrogen-bond acceptors (Lipinski definition) is 3. The number of carbonyl (C=O) groups is 1. The normalized spacial score (nSPS) is 10.8. The van der Waals surface area contributed by atoms with Crippen LogP contribution in [0.2, 0.25) is 0 Å². The first-order valence-electron chi connectivity index (χ1n) is 6.40. The Morgan fingerprint density at radius 2 is 1.86 bits per heavy atom. The lowest BCUT2D eigenvalue weighted by Gasteiger charge is -2.06. The first-order valence-corrected chi connectivity index (χ1v) is 6.78. The average molecular weight is 299 g/mol. The quantitative estimate of drug-likeness (QED) is 0.668. The Morgan fingerprint density at radius 3 is 2.57 bits per heavy atom. The van der Waals surface area contributed by atoms with Crippen LogP contribution in [0.15, 0.2) is 57.7 Å². The highest BCUT2D eigenvalue weighted by Gasteiger charge is 2.13. The van der Waals surface area contributed by atoms with Gasteiger partial charge in [0.1, 0.15) is 5.76 Å². The average Bonchev–Trinajstić information content (AvgIpc) is 2.46. The van der Waals surface area contributed by atoms with Crippen molar-refractivity contribution in [3.63, 3.8) is 0 Å². The monoisotopic (exact) mass is 298 g/mol. The van der Waals surface area contributed by atoms with Crippen LogP contribution < -0.4 is 5.43 Å². The topological polar surface area (TPSA) is 47.3 Å². The highest BCUT2D eigenvalue weighted by molar-refractivity contribution is 6.68. The summed E-state index contributed by atoms with van der Waals surface area (Å²) in [6.07, 6.45) is 0. The van der Waals surface area contributed by atoms with Gasteiger partial charge in [0.15, 0.2) is 11.0 Å². The van der Waals surface area contributed by atoms with Crippen molar-refractivity contribution in [3.8, 4) is 11.3 Å². The van der Waals surface area contributed by atoms with Gasteiger partial charge in [-0.05, 0) is 36.7 Å². The van der Waals surface area contributed by atoms with E-state index in [-0.39, 0.29) is 16.6 Å². The molecule has 0 amide bonds. The van der Waals surface area contributed by atoms with E-state index in [1.807, 2.05) is 31.2 Å². The van der Waals surface area contributed by atoms with Crippen LogP contribution >= 0.6 is 11.6 Å². The number of halogens is 1. The van der Waals surface area contributed by atoms with Crippen molar-refractivity contribution >= 4 is 27.8 Å². The minimum Gasteiger partial charge on any atom is -0.455 e. The Hall–Kier alpha value is -2.39. The molecule has 0 aliphatic rings. The molecule has 104 valence electrons. The Bertz CT molecular complexity index is 909. The van der Waals surface area contributed by atoms with Crippen molar-refractivity contribution in [3.05, 3.63) is 69.9 Å².